The zero-order valence-electron chi connectivity index (χ0n) is 19.1. The molecule has 0 unspecified atom stereocenters. The number of nitrogens with zero attached hydrogens (tertiary/aromatic N) is 3. The number of nitrogens with one attached hydrogen (secondary N) is 1. The maximum absolute atomic E-state index is 13.1. The van der Waals surface area contributed by atoms with Crippen LogP contribution in [0.2, 0.25) is 0 Å². The fraction of sp³-hybridized carbons (Fsp3) is 0.500. The Kier molecular flexibility index (Phi) is 6.42. The van der Waals surface area contributed by atoms with Crippen molar-refractivity contribution in [2.24, 2.45) is 4.40 Å². The van der Waals surface area contributed by atoms with Gasteiger partial charge in [0, 0.05) is 43.1 Å². The van der Waals surface area contributed by atoms with Crippen molar-refractivity contribution in [2.75, 3.05) is 18.9 Å². The number of rotatable bonds is 5. The smallest absolute Gasteiger partial charge is 0.284 e. The number of benzene rings is 1. The van der Waals surface area contributed by atoms with E-state index in [4.69, 9.17) is 0 Å². The molecule has 1 aliphatic heterocycles. The molecule has 1 N–H and O–H groups in total. The molecule has 1 saturated heterocycles. The lowest BCUT2D eigenvalue weighted by Gasteiger charge is -2.26. The van der Waals surface area contributed by atoms with Crippen molar-refractivity contribution in [3.05, 3.63) is 47.3 Å². The van der Waals surface area contributed by atoms with E-state index in [1.165, 1.54) is 31.4 Å². The van der Waals surface area contributed by atoms with Crippen LogP contribution in [0.1, 0.15) is 72.7 Å². The van der Waals surface area contributed by atoms with Crippen LogP contribution < -0.4 is 5.32 Å². The number of amidine groups is 1. The first-order valence-corrected chi connectivity index (χ1v) is 12.8. The van der Waals surface area contributed by atoms with Gasteiger partial charge in [-0.1, -0.05) is 25.3 Å². The van der Waals surface area contributed by atoms with Gasteiger partial charge in [-0.05, 0) is 57.4 Å². The molecule has 2 aliphatic rings. The van der Waals surface area contributed by atoms with Crippen LogP contribution in [0.4, 0.5) is 5.69 Å². The van der Waals surface area contributed by atoms with Gasteiger partial charge in [0.2, 0.25) is 0 Å². The zero-order chi connectivity index (χ0) is 22.9. The number of aryl methyl sites for hydroxylation is 1. The van der Waals surface area contributed by atoms with Crippen molar-refractivity contribution in [2.45, 2.75) is 69.7 Å². The molecule has 32 heavy (non-hydrogen) atoms. The molecule has 2 aromatic rings. The molecule has 0 atom stereocenters. The molecule has 1 amide bonds. The van der Waals surface area contributed by atoms with Crippen molar-refractivity contribution >= 4 is 27.5 Å². The highest BCUT2D eigenvalue weighted by molar-refractivity contribution is 7.90. The van der Waals surface area contributed by atoms with E-state index in [2.05, 4.69) is 14.3 Å². The average Bonchev–Trinajstić information content (AvgIpc) is 3.30. The van der Waals surface area contributed by atoms with Crippen LogP contribution in [0.3, 0.4) is 0 Å². The highest BCUT2D eigenvalue weighted by Gasteiger charge is 2.24. The Bertz CT molecular complexity index is 1140. The van der Waals surface area contributed by atoms with Gasteiger partial charge in [0.1, 0.15) is 5.84 Å². The molecule has 0 bridgehead atoms. The largest absolute Gasteiger partial charge is 0.362 e. The highest BCUT2D eigenvalue weighted by atomic mass is 32.2. The molecule has 172 valence electrons. The third-order valence-corrected chi connectivity index (χ3v) is 7.92. The monoisotopic (exact) mass is 456 g/mol. The number of sulfonamides is 1. The van der Waals surface area contributed by atoms with Crippen LogP contribution >= 0.6 is 0 Å². The summed E-state index contributed by atoms with van der Waals surface area (Å²) in [5.41, 5.74) is 3.13. The molecular weight excluding hydrogens is 424 g/mol. The van der Waals surface area contributed by atoms with Crippen LogP contribution in [0.15, 0.2) is 39.6 Å². The van der Waals surface area contributed by atoms with Gasteiger partial charge >= 0.3 is 0 Å². The van der Waals surface area contributed by atoms with E-state index in [0.29, 0.717) is 29.5 Å². The summed E-state index contributed by atoms with van der Waals surface area (Å²) < 4.78 is 31.9. The average molecular weight is 457 g/mol. The number of hydrogen-bond acceptors (Lipinski definition) is 3. The Morgan fingerprint density at radius 3 is 2.53 bits per heavy atom. The van der Waals surface area contributed by atoms with E-state index in [9.17, 15) is 13.2 Å². The molecule has 0 spiro atoms. The molecule has 4 rings (SSSR count). The van der Waals surface area contributed by atoms with Gasteiger partial charge in [0.15, 0.2) is 0 Å². The van der Waals surface area contributed by atoms with Gasteiger partial charge in [-0.3, -0.25) is 4.79 Å². The van der Waals surface area contributed by atoms with Crippen LogP contribution in [-0.2, 0) is 10.0 Å². The van der Waals surface area contributed by atoms with Gasteiger partial charge < -0.3 is 14.8 Å². The van der Waals surface area contributed by atoms with Crippen LogP contribution in [0, 0.1) is 13.8 Å². The second-order valence-electron chi connectivity index (χ2n) is 8.94. The fourth-order valence-corrected chi connectivity index (χ4v) is 6.08. The molecule has 1 aromatic carbocycles. The van der Waals surface area contributed by atoms with Crippen molar-refractivity contribution < 1.29 is 13.2 Å². The molecule has 2 heterocycles. The number of aromatic nitrogens is 1. The maximum Gasteiger partial charge on any atom is 0.284 e. The van der Waals surface area contributed by atoms with Crippen LogP contribution in [-0.4, -0.2) is 43.2 Å². The van der Waals surface area contributed by atoms with Crippen molar-refractivity contribution in [3.8, 4) is 0 Å². The van der Waals surface area contributed by atoms with Gasteiger partial charge in [0.25, 0.3) is 15.9 Å². The molecule has 2 fully saturated rings. The third kappa shape index (κ3) is 4.60. The van der Waals surface area contributed by atoms with Crippen molar-refractivity contribution in [3.63, 3.8) is 0 Å². The molecule has 1 aromatic heterocycles. The Morgan fingerprint density at radius 1 is 1.09 bits per heavy atom. The van der Waals surface area contributed by atoms with E-state index in [1.54, 1.807) is 12.1 Å². The number of likely N-dealkylation sites (tertiary alicyclic amines) is 1. The minimum atomic E-state index is -3.83. The van der Waals surface area contributed by atoms with Crippen molar-refractivity contribution in [1.82, 2.24) is 9.47 Å². The molecule has 8 heteroatoms. The number of anilines is 1. The van der Waals surface area contributed by atoms with Gasteiger partial charge in [-0.25, -0.2) is 0 Å². The third-order valence-electron chi connectivity index (χ3n) is 6.62. The Morgan fingerprint density at radius 2 is 1.84 bits per heavy atom. The van der Waals surface area contributed by atoms with Crippen LogP contribution in [0.5, 0.6) is 0 Å². The molecule has 1 saturated carbocycles. The summed E-state index contributed by atoms with van der Waals surface area (Å²) in [6.45, 7) is 4.85. The zero-order valence-corrected chi connectivity index (χ0v) is 19.9. The summed E-state index contributed by atoms with van der Waals surface area (Å²) in [5.74, 6) is 0.353. The number of amides is 1. The van der Waals surface area contributed by atoms with Crippen LogP contribution in [0.25, 0.3) is 0 Å². The number of carbonyl (C=O) groups is 1. The second kappa shape index (κ2) is 9.10. The van der Waals surface area contributed by atoms with Crippen molar-refractivity contribution in [1.29, 1.82) is 0 Å². The lowest BCUT2D eigenvalue weighted by atomic mass is 9.95. The van der Waals surface area contributed by atoms with E-state index in [0.717, 1.165) is 37.2 Å². The topological polar surface area (TPSA) is 83.8 Å². The van der Waals surface area contributed by atoms with Gasteiger partial charge in [-0.2, -0.15) is 8.42 Å². The first-order chi connectivity index (χ1) is 15.3. The molecule has 1 aliphatic carbocycles. The summed E-state index contributed by atoms with van der Waals surface area (Å²) in [6.07, 6.45) is 7.59. The summed E-state index contributed by atoms with van der Waals surface area (Å²) >= 11 is 0. The SMILES string of the molecule is Cc1cc(C(=O)Nc2cccc(S(=O)(=O)N=C3CCCN3C)c2)c(C)n1C1CCCCC1. The predicted octanol–water partition coefficient (Wildman–Crippen LogP) is 4.68. The standard InChI is InChI=1S/C24H32N4O3S/c1-17-15-22(18(2)28(17)20-10-5-4-6-11-20)24(29)25-19-9-7-12-21(16-19)32(30,31)26-23-13-8-14-27(23)3/h7,9,12,15-16,20H,4-6,8,10-11,13-14H2,1-3H3,(H,25,29). The number of carbonyl (C=O) groups excluding carboxylic acids is 1. The molecule has 7 nitrogen and oxygen atoms in total. The summed E-state index contributed by atoms with van der Waals surface area (Å²) in [4.78, 5) is 15.0. The second-order valence-corrected chi connectivity index (χ2v) is 10.5. The lowest BCUT2D eigenvalue weighted by molar-refractivity contribution is 0.102. The maximum atomic E-state index is 13.1. The van der Waals surface area contributed by atoms with Gasteiger partial charge in [-0.15, -0.1) is 4.40 Å². The summed E-state index contributed by atoms with van der Waals surface area (Å²) in [5, 5.41) is 2.88. The van der Waals surface area contributed by atoms with E-state index >= 15 is 0 Å². The Labute approximate surface area is 190 Å². The lowest BCUT2D eigenvalue weighted by Crippen LogP contribution is -2.20. The molecule has 0 radical (unpaired) electrons. The van der Waals surface area contributed by atoms with E-state index in [1.807, 2.05) is 31.9 Å². The summed E-state index contributed by atoms with van der Waals surface area (Å²) in [6, 6.07) is 8.71. The minimum absolute atomic E-state index is 0.0794. The predicted molar refractivity (Wildman–Crippen MR) is 127 cm³/mol. The Hall–Kier alpha value is -2.61. The van der Waals surface area contributed by atoms with Gasteiger partial charge in [0.05, 0.1) is 10.5 Å². The quantitative estimate of drug-likeness (QED) is 0.708. The first-order valence-electron chi connectivity index (χ1n) is 11.4. The minimum Gasteiger partial charge on any atom is -0.362 e. The first kappa shape index (κ1) is 22.6. The summed E-state index contributed by atoms with van der Waals surface area (Å²) in [7, 11) is -1.98. The Balaban J connectivity index is 1.55. The normalized spacial score (nSPS) is 19.0. The molecular formula is C24H32N4O3S. The van der Waals surface area contributed by atoms with E-state index < -0.39 is 10.0 Å². The fourth-order valence-electron chi connectivity index (χ4n) is 4.94. The van der Waals surface area contributed by atoms with E-state index in [-0.39, 0.29) is 10.8 Å². The number of hydrogen-bond donors (Lipinski definition) is 1. The highest BCUT2D eigenvalue weighted by Crippen LogP contribution is 2.32.